The molecule has 0 bridgehead atoms. The van der Waals surface area contributed by atoms with E-state index in [1.54, 1.807) is 0 Å². The van der Waals surface area contributed by atoms with Crippen LogP contribution in [0.1, 0.15) is 52.4 Å². The van der Waals surface area contributed by atoms with E-state index in [4.69, 9.17) is 0 Å². The fourth-order valence-corrected chi connectivity index (χ4v) is 2.87. The maximum absolute atomic E-state index is 11.5. The van der Waals surface area contributed by atoms with E-state index in [9.17, 15) is 9.90 Å². The largest absolute Gasteiger partial charge is 0.550 e. The molecule has 15 heavy (non-hydrogen) atoms. The number of hydrogen-bond acceptors (Lipinski definition) is 2. The average molecular weight is 209 g/mol. The molecular formula is C13H21O2-. The predicted octanol–water partition coefficient (Wildman–Crippen LogP) is 2.29. The molecule has 0 saturated heterocycles. The van der Waals surface area contributed by atoms with E-state index in [0.717, 1.165) is 38.5 Å². The monoisotopic (exact) mass is 209 g/mol. The minimum atomic E-state index is -0.867. The third-order valence-electron chi connectivity index (χ3n) is 4.05. The molecule has 1 aliphatic carbocycles. The molecule has 0 spiro atoms. The van der Waals surface area contributed by atoms with Crippen LogP contribution in [-0.4, -0.2) is 5.97 Å². The van der Waals surface area contributed by atoms with Crippen LogP contribution in [0.4, 0.5) is 0 Å². The Balaban J connectivity index is 2.98. The summed E-state index contributed by atoms with van der Waals surface area (Å²) in [6, 6.07) is 0. The van der Waals surface area contributed by atoms with Gasteiger partial charge in [0.05, 0.1) is 0 Å². The van der Waals surface area contributed by atoms with Crippen molar-refractivity contribution >= 4 is 5.97 Å². The summed E-state index contributed by atoms with van der Waals surface area (Å²) >= 11 is 0. The molecule has 1 rings (SSSR count). The van der Waals surface area contributed by atoms with Gasteiger partial charge in [-0.15, -0.1) is 6.58 Å². The molecule has 0 aromatic heterocycles. The summed E-state index contributed by atoms with van der Waals surface area (Å²) in [6.07, 6.45) is 7.24. The van der Waals surface area contributed by atoms with Gasteiger partial charge in [-0.25, -0.2) is 0 Å². The van der Waals surface area contributed by atoms with Crippen molar-refractivity contribution in [1.29, 1.82) is 0 Å². The molecule has 0 N–H and O–H groups in total. The van der Waals surface area contributed by atoms with Gasteiger partial charge in [0, 0.05) is 11.4 Å². The van der Waals surface area contributed by atoms with Crippen molar-refractivity contribution in [3.63, 3.8) is 0 Å². The lowest BCUT2D eigenvalue weighted by molar-refractivity contribution is -0.327. The van der Waals surface area contributed by atoms with Gasteiger partial charge in [0.15, 0.2) is 0 Å². The zero-order valence-corrected chi connectivity index (χ0v) is 9.84. The van der Waals surface area contributed by atoms with Gasteiger partial charge in [-0.05, 0) is 24.7 Å². The number of hydrogen-bond donors (Lipinski definition) is 0. The van der Waals surface area contributed by atoms with Crippen LogP contribution < -0.4 is 5.11 Å². The number of carbonyl (C=O) groups is 1. The molecule has 0 aliphatic heterocycles. The molecule has 1 fully saturated rings. The quantitative estimate of drug-likeness (QED) is 0.666. The second kappa shape index (κ2) is 4.38. The van der Waals surface area contributed by atoms with Crippen molar-refractivity contribution in [3.8, 4) is 0 Å². The van der Waals surface area contributed by atoms with Gasteiger partial charge < -0.3 is 9.90 Å². The fraction of sp³-hybridized carbons (Fsp3) is 0.769. The summed E-state index contributed by atoms with van der Waals surface area (Å²) in [6.45, 7) is 7.77. The summed E-state index contributed by atoms with van der Waals surface area (Å²) in [5.74, 6) is -0.867. The first-order chi connectivity index (χ1) is 6.96. The van der Waals surface area contributed by atoms with E-state index in [-0.39, 0.29) is 5.41 Å². The maximum Gasteiger partial charge on any atom is 0.0481 e. The molecule has 0 amide bonds. The van der Waals surface area contributed by atoms with Gasteiger partial charge in [0.1, 0.15) is 0 Å². The number of carboxylic acid groups (broad SMARTS) is 1. The van der Waals surface area contributed by atoms with Gasteiger partial charge in [-0.1, -0.05) is 39.2 Å². The molecule has 0 heterocycles. The normalized spacial score (nSPS) is 20.9. The SMILES string of the molecule is C=CCC(C)(C)C1(C(=O)[O-])CCCCC1. The Morgan fingerprint density at radius 1 is 1.40 bits per heavy atom. The van der Waals surface area contributed by atoms with Crippen molar-refractivity contribution in [3.05, 3.63) is 12.7 Å². The Hall–Kier alpha value is -0.790. The number of carboxylic acids is 1. The van der Waals surface area contributed by atoms with Crippen LogP contribution in [0.15, 0.2) is 12.7 Å². The van der Waals surface area contributed by atoms with Gasteiger partial charge in [-0.2, -0.15) is 0 Å². The van der Waals surface area contributed by atoms with E-state index < -0.39 is 11.4 Å². The first-order valence-electron chi connectivity index (χ1n) is 5.79. The number of rotatable bonds is 4. The Labute approximate surface area is 92.4 Å². The van der Waals surface area contributed by atoms with Crippen molar-refractivity contribution in [1.82, 2.24) is 0 Å². The van der Waals surface area contributed by atoms with Gasteiger partial charge >= 0.3 is 0 Å². The van der Waals surface area contributed by atoms with Crippen LogP contribution in [0.25, 0.3) is 0 Å². The summed E-state index contributed by atoms with van der Waals surface area (Å²) in [5, 5.41) is 11.5. The Bertz CT molecular complexity index is 247. The molecule has 0 radical (unpaired) electrons. The molecule has 2 heteroatoms. The molecular weight excluding hydrogens is 188 g/mol. The zero-order valence-electron chi connectivity index (χ0n) is 9.84. The molecule has 0 atom stereocenters. The van der Waals surface area contributed by atoms with E-state index in [1.807, 2.05) is 19.9 Å². The highest BCUT2D eigenvalue weighted by atomic mass is 16.4. The van der Waals surface area contributed by atoms with E-state index in [2.05, 4.69) is 6.58 Å². The van der Waals surface area contributed by atoms with Gasteiger partial charge in [-0.3, -0.25) is 0 Å². The standard InChI is InChI=1S/C13H22O2/c1-4-8-12(2,3)13(11(14)15)9-6-5-7-10-13/h4H,1,5-10H2,2-3H3,(H,14,15)/p-1. The Morgan fingerprint density at radius 2 is 1.93 bits per heavy atom. The number of carbonyl (C=O) groups excluding carboxylic acids is 1. The second-order valence-electron chi connectivity index (χ2n) is 5.31. The minimum Gasteiger partial charge on any atom is -0.550 e. The van der Waals surface area contributed by atoms with Crippen LogP contribution in [-0.2, 0) is 4.79 Å². The molecule has 1 aliphatic rings. The minimum absolute atomic E-state index is 0.242. The summed E-state index contributed by atoms with van der Waals surface area (Å²) in [5.41, 5.74) is -0.882. The van der Waals surface area contributed by atoms with Crippen molar-refractivity contribution in [2.75, 3.05) is 0 Å². The lowest BCUT2D eigenvalue weighted by Crippen LogP contribution is -2.52. The van der Waals surface area contributed by atoms with Gasteiger partial charge in [0.25, 0.3) is 0 Å². The third-order valence-corrected chi connectivity index (χ3v) is 4.05. The first kappa shape index (κ1) is 12.3. The molecule has 2 nitrogen and oxygen atoms in total. The summed E-state index contributed by atoms with van der Waals surface area (Å²) in [4.78, 5) is 11.5. The van der Waals surface area contributed by atoms with Crippen molar-refractivity contribution < 1.29 is 9.90 Å². The van der Waals surface area contributed by atoms with E-state index >= 15 is 0 Å². The smallest absolute Gasteiger partial charge is 0.0481 e. The van der Waals surface area contributed by atoms with Gasteiger partial charge in [0.2, 0.25) is 0 Å². The topological polar surface area (TPSA) is 40.1 Å². The number of allylic oxidation sites excluding steroid dienone is 1. The van der Waals surface area contributed by atoms with E-state index in [1.165, 1.54) is 0 Å². The Morgan fingerprint density at radius 3 is 2.33 bits per heavy atom. The average Bonchev–Trinajstić information content (AvgIpc) is 2.18. The molecule has 1 saturated carbocycles. The Kier molecular flexibility index (Phi) is 3.58. The fourth-order valence-electron chi connectivity index (χ4n) is 2.87. The lowest BCUT2D eigenvalue weighted by Gasteiger charge is -2.50. The highest BCUT2D eigenvalue weighted by Gasteiger charge is 2.45. The van der Waals surface area contributed by atoms with Crippen LogP contribution in [0.5, 0.6) is 0 Å². The second-order valence-corrected chi connectivity index (χ2v) is 5.31. The highest BCUT2D eigenvalue weighted by Crippen LogP contribution is 2.51. The van der Waals surface area contributed by atoms with Crippen LogP contribution in [0.2, 0.25) is 0 Å². The zero-order chi connectivity index (χ0) is 11.5. The maximum atomic E-state index is 11.5. The highest BCUT2D eigenvalue weighted by molar-refractivity contribution is 5.73. The molecule has 0 unspecified atom stereocenters. The molecule has 0 aromatic rings. The van der Waals surface area contributed by atoms with E-state index in [0.29, 0.717) is 0 Å². The summed E-state index contributed by atoms with van der Waals surface area (Å²) in [7, 11) is 0. The predicted molar refractivity (Wildman–Crippen MR) is 59.1 cm³/mol. The third kappa shape index (κ3) is 2.09. The summed E-state index contributed by atoms with van der Waals surface area (Å²) < 4.78 is 0. The van der Waals surface area contributed by atoms with Crippen molar-refractivity contribution in [2.24, 2.45) is 10.8 Å². The number of aliphatic carboxylic acids is 1. The van der Waals surface area contributed by atoms with Crippen LogP contribution >= 0.6 is 0 Å². The van der Waals surface area contributed by atoms with Crippen LogP contribution in [0.3, 0.4) is 0 Å². The first-order valence-corrected chi connectivity index (χ1v) is 5.79. The van der Waals surface area contributed by atoms with Crippen molar-refractivity contribution in [2.45, 2.75) is 52.4 Å². The van der Waals surface area contributed by atoms with Crippen LogP contribution in [0, 0.1) is 10.8 Å². The molecule has 0 aromatic carbocycles. The molecule has 86 valence electrons. The lowest BCUT2D eigenvalue weighted by atomic mass is 9.57.